The fourth-order valence-corrected chi connectivity index (χ4v) is 3.01. The molecule has 2 fully saturated rings. The van der Waals surface area contributed by atoms with Crippen LogP contribution in [-0.4, -0.2) is 60.5 Å². The average Bonchev–Trinajstić information content (AvgIpc) is 3.04. The first kappa shape index (κ1) is 14.1. The summed E-state index contributed by atoms with van der Waals surface area (Å²) >= 11 is 0. The molecule has 2 saturated heterocycles. The van der Waals surface area contributed by atoms with E-state index in [1.807, 2.05) is 23.1 Å². The number of ether oxygens (including phenoxy) is 1. The van der Waals surface area contributed by atoms with Crippen molar-refractivity contribution in [1.29, 1.82) is 0 Å². The minimum atomic E-state index is -0.309. The highest BCUT2D eigenvalue weighted by Gasteiger charge is 2.37. The fraction of sp³-hybridized carbons (Fsp3) is 0.500. The summed E-state index contributed by atoms with van der Waals surface area (Å²) in [6, 6.07) is 8.88. The normalized spacial score (nSPS) is 22.4. The molecule has 0 bridgehead atoms. The van der Waals surface area contributed by atoms with Crippen molar-refractivity contribution in [1.82, 2.24) is 9.80 Å². The Morgan fingerprint density at radius 2 is 1.76 bits per heavy atom. The van der Waals surface area contributed by atoms with E-state index in [9.17, 15) is 9.59 Å². The van der Waals surface area contributed by atoms with Gasteiger partial charge in [-0.2, -0.15) is 0 Å². The highest BCUT2D eigenvalue weighted by atomic mass is 16.5. The number of hydrogen-bond donors (Lipinski definition) is 0. The maximum atomic E-state index is 12.6. The second kappa shape index (κ2) is 6.26. The third-order valence-corrected chi connectivity index (χ3v) is 4.14. The molecule has 0 radical (unpaired) electrons. The molecule has 5 heteroatoms. The zero-order valence-electron chi connectivity index (χ0n) is 12.0. The summed E-state index contributed by atoms with van der Waals surface area (Å²) in [5.74, 6) is 0.0276. The Morgan fingerprint density at radius 1 is 1.05 bits per heavy atom. The van der Waals surface area contributed by atoms with Crippen LogP contribution < -0.4 is 0 Å². The molecule has 21 heavy (non-hydrogen) atoms. The average molecular weight is 288 g/mol. The van der Waals surface area contributed by atoms with Gasteiger partial charge in [0.25, 0.3) is 5.91 Å². The molecule has 0 saturated carbocycles. The van der Waals surface area contributed by atoms with E-state index in [0.717, 1.165) is 12.8 Å². The van der Waals surface area contributed by atoms with Crippen LogP contribution in [0.5, 0.6) is 0 Å². The van der Waals surface area contributed by atoms with Crippen LogP contribution >= 0.6 is 0 Å². The first-order chi connectivity index (χ1) is 10.3. The Morgan fingerprint density at radius 3 is 2.48 bits per heavy atom. The van der Waals surface area contributed by atoms with Crippen molar-refractivity contribution >= 4 is 11.8 Å². The fourth-order valence-electron chi connectivity index (χ4n) is 3.01. The summed E-state index contributed by atoms with van der Waals surface area (Å²) in [6.07, 6.45) is 1.65. The molecule has 1 aromatic carbocycles. The first-order valence-corrected chi connectivity index (χ1v) is 7.50. The molecule has 1 atom stereocenters. The maximum absolute atomic E-state index is 12.6. The van der Waals surface area contributed by atoms with Gasteiger partial charge in [0.15, 0.2) is 0 Å². The number of likely N-dealkylation sites (tertiary alicyclic amines) is 1. The van der Waals surface area contributed by atoms with Gasteiger partial charge in [0, 0.05) is 25.2 Å². The van der Waals surface area contributed by atoms with Crippen LogP contribution in [0.2, 0.25) is 0 Å². The van der Waals surface area contributed by atoms with E-state index in [2.05, 4.69) is 0 Å². The predicted molar refractivity (Wildman–Crippen MR) is 77.9 cm³/mol. The van der Waals surface area contributed by atoms with Gasteiger partial charge in [0.05, 0.1) is 13.2 Å². The Hall–Kier alpha value is -1.88. The van der Waals surface area contributed by atoms with E-state index in [0.29, 0.717) is 38.4 Å². The Kier molecular flexibility index (Phi) is 4.20. The number of carbonyl (C=O) groups excluding carboxylic acids is 2. The topological polar surface area (TPSA) is 49.9 Å². The molecule has 2 aliphatic heterocycles. The summed E-state index contributed by atoms with van der Waals surface area (Å²) in [7, 11) is 0. The highest BCUT2D eigenvalue weighted by Crippen LogP contribution is 2.22. The molecule has 2 heterocycles. The largest absolute Gasteiger partial charge is 0.378 e. The second-order valence-electron chi connectivity index (χ2n) is 5.46. The minimum Gasteiger partial charge on any atom is -0.378 e. The van der Waals surface area contributed by atoms with Crippen molar-refractivity contribution < 1.29 is 14.3 Å². The molecule has 112 valence electrons. The Balaban J connectivity index is 1.73. The smallest absolute Gasteiger partial charge is 0.254 e. The van der Waals surface area contributed by atoms with Gasteiger partial charge >= 0.3 is 0 Å². The highest BCUT2D eigenvalue weighted by molar-refractivity contribution is 5.97. The van der Waals surface area contributed by atoms with Crippen molar-refractivity contribution in [2.75, 3.05) is 32.8 Å². The van der Waals surface area contributed by atoms with Crippen molar-refractivity contribution in [3.05, 3.63) is 35.9 Å². The van der Waals surface area contributed by atoms with Crippen LogP contribution in [-0.2, 0) is 9.53 Å². The molecule has 1 unspecified atom stereocenters. The van der Waals surface area contributed by atoms with Gasteiger partial charge in [-0.25, -0.2) is 0 Å². The van der Waals surface area contributed by atoms with Crippen molar-refractivity contribution in [3.8, 4) is 0 Å². The van der Waals surface area contributed by atoms with E-state index in [1.165, 1.54) is 0 Å². The predicted octanol–water partition coefficient (Wildman–Crippen LogP) is 1.15. The summed E-state index contributed by atoms with van der Waals surface area (Å²) in [5, 5.41) is 0. The number of rotatable bonds is 2. The van der Waals surface area contributed by atoms with Crippen molar-refractivity contribution in [2.45, 2.75) is 18.9 Å². The molecule has 1 aromatic rings. The van der Waals surface area contributed by atoms with Gasteiger partial charge in [-0.3, -0.25) is 9.59 Å². The number of hydrogen-bond acceptors (Lipinski definition) is 3. The van der Waals surface area contributed by atoms with Gasteiger partial charge in [0.2, 0.25) is 5.91 Å². The molecule has 0 aromatic heterocycles. The zero-order chi connectivity index (χ0) is 14.7. The van der Waals surface area contributed by atoms with E-state index in [1.54, 1.807) is 17.0 Å². The zero-order valence-corrected chi connectivity index (χ0v) is 12.0. The van der Waals surface area contributed by atoms with Crippen molar-refractivity contribution in [2.24, 2.45) is 0 Å². The first-order valence-electron chi connectivity index (χ1n) is 7.50. The van der Waals surface area contributed by atoms with Gasteiger partial charge in [-0.1, -0.05) is 18.2 Å². The Labute approximate surface area is 124 Å². The monoisotopic (exact) mass is 288 g/mol. The summed E-state index contributed by atoms with van der Waals surface area (Å²) in [4.78, 5) is 28.8. The molecule has 2 amide bonds. The molecule has 2 aliphatic rings. The molecule has 3 rings (SSSR count). The van der Waals surface area contributed by atoms with Gasteiger partial charge < -0.3 is 14.5 Å². The molecular weight excluding hydrogens is 268 g/mol. The Bertz CT molecular complexity index is 512. The van der Waals surface area contributed by atoms with Crippen LogP contribution in [0.4, 0.5) is 0 Å². The minimum absolute atomic E-state index is 0.0419. The number of nitrogens with zero attached hydrogens (tertiary/aromatic N) is 2. The third kappa shape index (κ3) is 2.93. The summed E-state index contributed by atoms with van der Waals surface area (Å²) in [5.41, 5.74) is 0.652. The van der Waals surface area contributed by atoms with Crippen LogP contribution in [0.25, 0.3) is 0 Å². The molecule has 0 spiro atoms. The van der Waals surface area contributed by atoms with Gasteiger partial charge in [0.1, 0.15) is 6.04 Å². The lowest BCUT2D eigenvalue weighted by Gasteiger charge is -2.32. The van der Waals surface area contributed by atoms with Crippen LogP contribution in [0.1, 0.15) is 23.2 Å². The van der Waals surface area contributed by atoms with Crippen LogP contribution in [0.15, 0.2) is 30.3 Å². The van der Waals surface area contributed by atoms with Crippen LogP contribution in [0.3, 0.4) is 0 Å². The SMILES string of the molecule is O=C(C1CCCN1C(=O)c1ccccc1)N1CCOCC1. The third-order valence-electron chi connectivity index (χ3n) is 4.14. The number of amides is 2. The van der Waals surface area contributed by atoms with Crippen molar-refractivity contribution in [3.63, 3.8) is 0 Å². The van der Waals surface area contributed by atoms with E-state index in [4.69, 9.17) is 4.74 Å². The van der Waals surface area contributed by atoms with Gasteiger partial charge in [-0.15, -0.1) is 0 Å². The summed E-state index contributed by atoms with van der Waals surface area (Å²) in [6.45, 7) is 3.09. The second-order valence-corrected chi connectivity index (χ2v) is 5.46. The lowest BCUT2D eigenvalue weighted by molar-refractivity contribution is -0.139. The van der Waals surface area contributed by atoms with E-state index in [-0.39, 0.29) is 17.9 Å². The quantitative estimate of drug-likeness (QED) is 0.820. The van der Waals surface area contributed by atoms with E-state index < -0.39 is 0 Å². The number of morpholine rings is 1. The van der Waals surface area contributed by atoms with E-state index >= 15 is 0 Å². The lowest BCUT2D eigenvalue weighted by Crippen LogP contribution is -2.51. The number of carbonyl (C=O) groups is 2. The molecule has 0 aliphatic carbocycles. The number of benzene rings is 1. The molecule has 5 nitrogen and oxygen atoms in total. The molecule has 0 N–H and O–H groups in total. The maximum Gasteiger partial charge on any atom is 0.254 e. The summed E-state index contributed by atoms with van der Waals surface area (Å²) < 4.78 is 5.28. The standard InChI is InChI=1S/C16H20N2O3/c19-15(13-5-2-1-3-6-13)18-8-4-7-14(18)16(20)17-9-11-21-12-10-17/h1-3,5-6,14H,4,7-12H2. The molecular formula is C16H20N2O3. The van der Waals surface area contributed by atoms with Crippen LogP contribution in [0, 0.1) is 0 Å². The lowest BCUT2D eigenvalue weighted by atomic mass is 10.1. The van der Waals surface area contributed by atoms with Gasteiger partial charge in [-0.05, 0) is 25.0 Å².